The quantitative estimate of drug-likeness (QED) is 0.395. The van der Waals surface area contributed by atoms with Crippen molar-refractivity contribution in [3.8, 4) is 5.75 Å². The van der Waals surface area contributed by atoms with Gasteiger partial charge in [0, 0.05) is 32.5 Å². The minimum atomic E-state index is -0.0801. The van der Waals surface area contributed by atoms with E-state index < -0.39 is 0 Å². The summed E-state index contributed by atoms with van der Waals surface area (Å²) in [5, 5.41) is 3.89. The van der Waals surface area contributed by atoms with Gasteiger partial charge in [-0.15, -0.1) is 0 Å². The highest BCUT2D eigenvalue weighted by Crippen LogP contribution is 2.32. The monoisotopic (exact) mass is 417 g/mol. The van der Waals surface area contributed by atoms with Crippen molar-refractivity contribution in [3.63, 3.8) is 0 Å². The molecule has 0 saturated heterocycles. The van der Waals surface area contributed by atoms with Crippen molar-refractivity contribution in [2.75, 3.05) is 12.4 Å². The number of fused-ring (bicyclic) bond motifs is 1. The van der Waals surface area contributed by atoms with Crippen molar-refractivity contribution in [2.24, 2.45) is 0 Å². The first-order chi connectivity index (χ1) is 14.5. The first-order valence-corrected chi connectivity index (χ1v) is 10.5. The molecule has 4 rings (SSSR count). The van der Waals surface area contributed by atoms with Crippen molar-refractivity contribution >= 4 is 34.3 Å². The van der Waals surface area contributed by atoms with Gasteiger partial charge in [0.25, 0.3) is 0 Å². The summed E-state index contributed by atoms with van der Waals surface area (Å²) in [5.41, 5.74) is 4.85. The van der Waals surface area contributed by atoms with Gasteiger partial charge in [0.2, 0.25) is 5.91 Å². The molecule has 0 saturated carbocycles. The van der Waals surface area contributed by atoms with Gasteiger partial charge in [0.15, 0.2) is 0 Å². The summed E-state index contributed by atoms with van der Waals surface area (Å²) in [5.74, 6) is 0.648. The number of carbonyl (C=O) groups excluding carboxylic acids is 1. The largest absolute Gasteiger partial charge is 0.497 e. The lowest BCUT2D eigenvalue weighted by atomic mass is 10.1. The molecule has 0 unspecified atom stereocenters. The molecule has 0 atom stereocenters. The number of methoxy groups -OCH3 is 1. The first kappa shape index (κ1) is 20.1. The van der Waals surface area contributed by atoms with Crippen LogP contribution < -0.4 is 10.1 Å². The highest BCUT2D eigenvalue weighted by atomic mass is 32.2. The molecule has 1 N–H and O–H groups in total. The number of hydrogen-bond acceptors (Lipinski definition) is 4. The van der Waals surface area contributed by atoms with Crippen LogP contribution in [0.1, 0.15) is 16.7 Å². The third kappa shape index (κ3) is 4.52. The summed E-state index contributed by atoms with van der Waals surface area (Å²) < 4.78 is 10.8. The average Bonchev–Trinajstić information content (AvgIpc) is 3.14. The molecular weight excluding hydrogens is 394 g/mol. The molecule has 1 amide bonds. The van der Waals surface area contributed by atoms with Crippen LogP contribution in [0.4, 0.5) is 5.69 Å². The van der Waals surface area contributed by atoms with Crippen molar-refractivity contribution in [1.82, 2.24) is 0 Å². The van der Waals surface area contributed by atoms with Gasteiger partial charge in [-0.2, -0.15) is 0 Å². The highest BCUT2D eigenvalue weighted by Gasteiger charge is 2.12. The van der Waals surface area contributed by atoms with Gasteiger partial charge in [-0.1, -0.05) is 23.9 Å². The topological polar surface area (TPSA) is 51.5 Å². The number of furan rings is 1. The lowest BCUT2D eigenvalue weighted by molar-refractivity contribution is -0.115. The molecule has 0 aliphatic rings. The van der Waals surface area contributed by atoms with Crippen molar-refractivity contribution in [3.05, 3.63) is 83.6 Å². The number of carbonyl (C=O) groups is 1. The summed E-state index contributed by atoms with van der Waals surface area (Å²) in [4.78, 5) is 14.9. The summed E-state index contributed by atoms with van der Waals surface area (Å²) in [6.07, 6.45) is 1.88. The Hall–Kier alpha value is -3.18. The number of ether oxygens (including phenoxy) is 1. The number of nitrogens with one attached hydrogen (secondary N) is 1. The fourth-order valence-electron chi connectivity index (χ4n) is 3.26. The van der Waals surface area contributed by atoms with Gasteiger partial charge < -0.3 is 14.5 Å². The van der Waals surface area contributed by atoms with E-state index in [1.165, 1.54) is 16.0 Å². The van der Waals surface area contributed by atoms with Crippen LogP contribution in [-0.4, -0.2) is 13.0 Å². The molecule has 5 heteroatoms. The van der Waals surface area contributed by atoms with Crippen LogP contribution in [-0.2, 0) is 11.2 Å². The lowest BCUT2D eigenvalue weighted by Crippen LogP contribution is -2.14. The van der Waals surface area contributed by atoms with Crippen LogP contribution in [0.2, 0.25) is 0 Å². The second kappa shape index (κ2) is 8.67. The van der Waals surface area contributed by atoms with Gasteiger partial charge in [-0.3, -0.25) is 4.79 Å². The predicted molar refractivity (Wildman–Crippen MR) is 122 cm³/mol. The minimum absolute atomic E-state index is 0.0801. The van der Waals surface area contributed by atoms with Crippen LogP contribution in [0.3, 0.4) is 0 Å². The Bertz CT molecular complexity index is 1190. The molecule has 0 aliphatic carbocycles. The summed E-state index contributed by atoms with van der Waals surface area (Å²) in [7, 11) is 1.62. The zero-order chi connectivity index (χ0) is 21.1. The van der Waals surface area contributed by atoms with Crippen molar-refractivity contribution in [1.29, 1.82) is 0 Å². The zero-order valence-electron chi connectivity index (χ0n) is 17.2. The van der Waals surface area contributed by atoms with Gasteiger partial charge in [0.1, 0.15) is 11.3 Å². The van der Waals surface area contributed by atoms with E-state index in [4.69, 9.17) is 9.15 Å². The van der Waals surface area contributed by atoms with E-state index in [2.05, 4.69) is 37.4 Å². The fraction of sp³-hybridized carbons (Fsp3) is 0.160. The van der Waals surface area contributed by atoms with Crippen LogP contribution in [0.5, 0.6) is 5.75 Å². The number of amides is 1. The van der Waals surface area contributed by atoms with Gasteiger partial charge in [0.05, 0.1) is 19.8 Å². The number of benzene rings is 3. The van der Waals surface area contributed by atoms with E-state index in [0.717, 1.165) is 27.3 Å². The van der Waals surface area contributed by atoms with Crippen LogP contribution in [0.25, 0.3) is 11.0 Å². The Morgan fingerprint density at radius 3 is 2.60 bits per heavy atom. The Balaban J connectivity index is 1.41. The summed E-state index contributed by atoms with van der Waals surface area (Å²) >= 11 is 1.73. The average molecular weight is 418 g/mol. The minimum Gasteiger partial charge on any atom is -0.497 e. The number of hydrogen-bond donors (Lipinski definition) is 1. The summed E-state index contributed by atoms with van der Waals surface area (Å²) in [6.45, 7) is 4.22. The third-order valence-electron chi connectivity index (χ3n) is 4.92. The molecule has 0 bridgehead atoms. The summed E-state index contributed by atoms with van der Waals surface area (Å²) in [6, 6.07) is 20.0. The molecule has 0 aliphatic heterocycles. The third-order valence-corrected chi connectivity index (χ3v) is 6.09. The maximum Gasteiger partial charge on any atom is 0.228 e. The van der Waals surface area contributed by atoms with E-state index in [-0.39, 0.29) is 12.3 Å². The van der Waals surface area contributed by atoms with E-state index in [1.807, 2.05) is 42.5 Å². The van der Waals surface area contributed by atoms with Crippen LogP contribution >= 0.6 is 11.8 Å². The Kier molecular flexibility index (Phi) is 5.81. The second-order valence-electron chi connectivity index (χ2n) is 7.24. The maximum absolute atomic E-state index is 12.5. The maximum atomic E-state index is 12.5. The van der Waals surface area contributed by atoms with Crippen molar-refractivity contribution in [2.45, 2.75) is 30.1 Å². The van der Waals surface area contributed by atoms with Crippen molar-refractivity contribution < 1.29 is 13.9 Å². The predicted octanol–water partition coefficient (Wildman–Crippen LogP) is 6.39. The molecule has 0 radical (unpaired) electrons. The second-order valence-corrected chi connectivity index (χ2v) is 8.36. The number of aryl methyl sites for hydroxylation is 2. The Labute approximate surface area is 180 Å². The van der Waals surface area contributed by atoms with E-state index in [9.17, 15) is 4.79 Å². The molecule has 0 fully saturated rings. The SMILES string of the molecule is COc1ccc2c(CC(=O)Nc3ccc(Sc4cc(C)ccc4C)cc3)coc2c1. The molecular formula is C25H23NO3S. The van der Waals surface area contributed by atoms with E-state index in [0.29, 0.717) is 5.58 Å². The molecule has 30 heavy (non-hydrogen) atoms. The first-order valence-electron chi connectivity index (χ1n) is 9.71. The van der Waals surface area contributed by atoms with Gasteiger partial charge in [-0.25, -0.2) is 0 Å². The smallest absolute Gasteiger partial charge is 0.228 e. The Morgan fingerprint density at radius 1 is 1.03 bits per heavy atom. The van der Waals surface area contributed by atoms with Crippen LogP contribution in [0.15, 0.2) is 81.1 Å². The van der Waals surface area contributed by atoms with Gasteiger partial charge in [-0.05, 0) is 67.4 Å². The van der Waals surface area contributed by atoms with E-state index >= 15 is 0 Å². The van der Waals surface area contributed by atoms with E-state index in [1.54, 1.807) is 25.1 Å². The molecule has 0 spiro atoms. The normalized spacial score (nSPS) is 10.9. The molecule has 152 valence electrons. The molecule has 4 aromatic rings. The molecule has 1 aromatic heterocycles. The molecule has 1 heterocycles. The molecule has 4 nitrogen and oxygen atoms in total. The van der Waals surface area contributed by atoms with Gasteiger partial charge >= 0.3 is 0 Å². The zero-order valence-corrected chi connectivity index (χ0v) is 18.0. The number of rotatable bonds is 6. The van der Waals surface area contributed by atoms with Crippen LogP contribution in [0, 0.1) is 13.8 Å². The fourth-order valence-corrected chi connectivity index (χ4v) is 4.26. The number of anilines is 1. The lowest BCUT2D eigenvalue weighted by Gasteiger charge is -2.09. The standard InChI is InChI=1S/C25H23NO3S/c1-16-4-5-17(2)24(12-16)30-21-9-6-19(7-10-21)26-25(27)13-18-15-29-23-14-20(28-3)8-11-22(18)23/h4-12,14-15H,13H2,1-3H3,(H,26,27). The molecule has 3 aromatic carbocycles. The Morgan fingerprint density at radius 2 is 1.83 bits per heavy atom. The highest BCUT2D eigenvalue weighted by molar-refractivity contribution is 7.99.